The third-order valence-electron chi connectivity index (χ3n) is 1.88. The Kier molecular flexibility index (Phi) is 3.33. The molecule has 0 aliphatic heterocycles. The molecule has 1 aromatic rings. The fourth-order valence-corrected chi connectivity index (χ4v) is 1.05. The number of benzene rings is 1. The van der Waals surface area contributed by atoms with E-state index in [-0.39, 0.29) is 5.91 Å². The van der Waals surface area contributed by atoms with Gasteiger partial charge in [-0.25, -0.2) is 0 Å². The zero-order valence-corrected chi connectivity index (χ0v) is 8.83. The Hall–Kier alpha value is -1.97. The number of carbonyl (C=O) groups is 1. The zero-order chi connectivity index (χ0) is 11.4. The van der Waals surface area contributed by atoms with E-state index in [0.29, 0.717) is 22.7 Å². The number of nitrogens with two attached hydrogens (primary N) is 1. The highest BCUT2D eigenvalue weighted by molar-refractivity contribution is 6.03. The zero-order valence-electron chi connectivity index (χ0n) is 8.83. The van der Waals surface area contributed by atoms with Crippen LogP contribution in [0.4, 0.5) is 11.4 Å². The second-order valence-electron chi connectivity index (χ2n) is 3.19. The largest absolute Gasteiger partial charge is 0.495 e. The van der Waals surface area contributed by atoms with E-state index < -0.39 is 0 Å². The van der Waals surface area contributed by atoms with Gasteiger partial charge in [-0.1, -0.05) is 6.58 Å². The molecule has 0 unspecified atom stereocenters. The van der Waals surface area contributed by atoms with Gasteiger partial charge in [0.25, 0.3) is 5.91 Å². The van der Waals surface area contributed by atoms with Crippen LogP contribution >= 0.6 is 0 Å². The summed E-state index contributed by atoms with van der Waals surface area (Å²) in [5.74, 6) is 0.364. The van der Waals surface area contributed by atoms with Crippen LogP contribution in [0.5, 0.6) is 5.75 Å². The lowest BCUT2D eigenvalue weighted by molar-refractivity contribution is -0.112. The lowest BCUT2D eigenvalue weighted by Gasteiger charge is -2.08. The van der Waals surface area contributed by atoms with Gasteiger partial charge in [-0.05, 0) is 25.1 Å². The first-order valence-electron chi connectivity index (χ1n) is 4.45. The third kappa shape index (κ3) is 2.74. The van der Waals surface area contributed by atoms with Crippen molar-refractivity contribution in [3.8, 4) is 5.75 Å². The summed E-state index contributed by atoms with van der Waals surface area (Å²) in [4.78, 5) is 11.3. The van der Waals surface area contributed by atoms with Gasteiger partial charge >= 0.3 is 0 Å². The van der Waals surface area contributed by atoms with Crippen LogP contribution in [0.3, 0.4) is 0 Å². The Balaban J connectivity index is 2.84. The molecule has 0 heterocycles. The molecule has 0 fully saturated rings. The van der Waals surface area contributed by atoms with E-state index in [1.165, 1.54) is 7.11 Å². The molecular formula is C11H14N2O2. The van der Waals surface area contributed by atoms with Gasteiger partial charge in [0.1, 0.15) is 5.75 Å². The average Bonchev–Trinajstić information content (AvgIpc) is 2.18. The number of hydrogen-bond acceptors (Lipinski definition) is 3. The van der Waals surface area contributed by atoms with E-state index in [4.69, 9.17) is 10.5 Å². The number of rotatable bonds is 3. The second kappa shape index (κ2) is 4.50. The van der Waals surface area contributed by atoms with Gasteiger partial charge in [0, 0.05) is 11.3 Å². The molecule has 1 rings (SSSR count). The predicted octanol–water partition coefficient (Wildman–Crippen LogP) is 1.79. The van der Waals surface area contributed by atoms with Crippen LogP contribution in [-0.2, 0) is 4.79 Å². The fourth-order valence-electron chi connectivity index (χ4n) is 1.05. The monoisotopic (exact) mass is 206 g/mol. The molecule has 4 nitrogen and oxygen atoms in total. The number of ether oxygens (including phenoxy) is 1. The minimum atomic E-state index is -0.223. The molecule has 3 N–H and O–H groups in total. The van der Waals surface area contributed by atoms with Crippen molar-refractivity contribution < 1.29 is 9.53 Å². The smallest absolute Gasteiger partial charge is 0.250 e. The molecule has 0 aromatic heterocycles. The van der Waals surface area contributed by atoms with Crippen LogP contribution in [-0.4, -0.2) is 13.0 Å². The summed E-state index contributed by atoms with van der Waals surface area (Å²) in [7, 11) is 1.54. The van der Waals surface area contributed by atoms with Crippen molar-refractivity contribution in [2.75, 3.05) is 18.2 Å². The number of hydrogen-bond donors (Lipinski definition) is 2. The van der Waals surface area contributed by atoms with Crippen molar-refractivity contribution >= 4 is 17.3 Å². The molecule has 4 heteroatoms. The maximum absolute atomic E-state index is 11.3. The summed E-state index contributed by atoms with van der Waals surface area (Å²) >= 11 is 0. The summed E-state index contributed by atoms with van der Waals surface area (Å²) in [5.41, 5.74) is 7.24. The normalized spacial score (nSPS) is 9.47. The van der Waals surface area contributed by atoms with Crippen LogP contribution in [0.15, 0.2) is 30.4 Å². The van der Waals surface area contributed by atoms with Gasteiger partial charge in [-0.15, -0.1) is 0 Å². The molecule has 0 aliphatic carbocycles. The minimum absolute atomic E-state index is 0.223. The maximum Gasteiger partial charge on any atom is 0.250 e. The van der Waals surface area contributed by atoms with Crippen molar-refractivity contribution in [1.29, 1.82) is 0 Å². The topological polar surface area (TPSA) is 64.3 Å². The predicted molar refractivity (Wildman–Crippen MR) is 60.9 cm³/mol. The lowest BCUT2D eigenvalue weighted by atomic mass is 10.2. The fraction of sp³-hybridized carbons (Fsp3) is 0.182. The van der Waals surface area contributed by atoms with E-state index in [9.17, 15) is 4.79 Å². The van der Waals surface area contributed by atoms with Crippen LogP contribution < -0.4 is 15.8 Å². The number of nitrogens with one attached hydrogen (secondary N) is 1. The molecule has 0 bridgehead atoms. The highest BCUT2D eigenvalue weighted by Gasteiger charge is 2.04. The molecular weight excluding hydrogens is 192 g/mol. The standard InChI is InChI=1S/C11H14N2O2/c1-7(2)11(14)13-8-4-5-10(15-3)9(12)6-8/h4-6H,1,12H2,2-3H3,(H,13,14). The van der Waals surface area contributed by atoms with E-state index in [1.54, 1.807) is 25.1 Å². The SMILES string of the molecule is C=C(C)C(=O)Nc1ccc(OC)c(N)c1. The molecule has 1 aromatic carbocycles. The number of methoxy groups -OCH3 is 1. The molecule has 80 valence electrons. The first kappa shape index (κ1) is 11.1. The molecule has 0 saturated carbocycles. The first-order valence-corrected chi connectivity index (χ1v) is 4.45. The molecule has 0 radical (unpaired) electrons. The van der Waals surface area contributed by atoms with Crippen LogP contribution in [0.25, 0.3) is 0 Å². The number of nitrogen functional groups attached to an aromatic ring is 1. The molecule has 1 amide bonds. The van der Waals surface area contributed by atoms with Gasteiger partial charge in [-0.2, -0.15) is 0 Å². The minimum Gasteiger partial charge on any atom is -0.495 e. The van der Waals surface area contributed by atoms with Crippen LogP contribution in [0.1, 0.15) is 6.92 Å². The van der Waals surface area contributed by atoms with Crippen molar-refractivity contribution in [1.82, 2.24) is 0 Å². The Labute approximate surface area is 88.7 Å². The van der Waals surface area contributed by atoms with E-state index in [0.717, 1.165) is 0 Å². The first-order chi connectivity index (χ1) is 7.04. The lowest BCUT2D eigenvalue weighted by Crippen LogP contribution is -2.11. The quantitative estimate of drug-likeness (QED) is 0.585. The van der Waals surface area contributed by atoms with Crippen molar-refractivity contribution in [2.24, 2.45) is 0 Å². The number of anilines is 2. The molecule has 0 spiro atoms. The number of amides is 1. The molecule has 15 heavy (non-hydrogen) atoms. The van der Waals surface area contributed by atoms with Gasteiger partial charge in [0.15, 0.2) is 0 Å². The highest BCUT2D eigenvalue weighted by Crippen LogP contribution is 2.24. The summed E-state index contributed by atoms with van der Waals surface area (Å²) in [6.07, 6.45) is 0. The Morgan fingerprint density at radius 1 is 1.53 bits per heavy atom. The van der Waals surface area contributed by atoms with Gasteiger partial charge < -0.3 is 15.8 Å². The van der Waals surface area contributed by atoms with Crippen LogP contribution in [0, 0.1) is 0 Å². The van der Waals surface area contributed by atoms with Gasteiger partial charge in [-0.3, -0.25) is 4.79 Å². The Bertz CT molecular complexity index is 400. The van der Waals surface area contributed by atoms with Gasteiger partial charge in [0.2, 0.25) is 0 Å². The Morgan fingerprint density at radius 2 is 2.20 bits per heavy atom. The molecule has 0 saturated heterocycles. The van der Waals surface area contributed by atoms with Crippen LogP contribution in [0.2, 0.25) is 0 Å². The van der Waals surface area contributed by atoms with E-state index in [2.05, 4.69) is 11.9 Å². The number of carbonyl (C=O) groups excluding carboxylic acids is 1. The average molecular weight is 206 g/mol. The Morgan fingerprint density at radius 3 is 2.67 bits per heavy atom. The van der Waals surface area contributed by atoms with E-state index >= 15 is 0 Å². The summed E-state index contributed by atoms with van der Waals surface area (Å²) in [6.45, 7) is 5.18. The highest BCUT2D eigenvalue weighted by atomic mass is 16.5. The summed E-state index contributed by atoms with van der Waals surface area (Å²) in [6, 6.07) is 5.05. The summed E-state index contributed by atoms with van der Waals surface area (Å²) < 4.78 is 5.00. The third-order valence-corrected chi connectivity index (χ3v) is 1.88. The van der Waals surface area contributed by atoms with Gasteiger partial charge in [0.05, 0.1) is 12.8 Å². The molecule has 0 aliphatic rings. The van der Waals surface area contributed by atoms with Crippen molar-refractivity contribution in [3.05, 3.63) is 30.4 Å². The maximum atomic E-state index is 11.3. The summed E-state index contributed by atoms with van der Waals surface area (Å²) in [5, 5.41) is 2.66. The van der Waals surface area contributed by atoms with Crippen molar-refractivity contribution in [3.63, 3.8) is 0 Å². The van der Waals surface area contributed by atoms with Crippen molar-refractivity contribution in [2.45, 2.75) is 6.92 Å². The second-order valence-corrected chi connectivity index (χ2v) is 3.19. The van der Waals surface area contributed by atoms with E-state index in [1.807, 2.05) is 0 Å². The molecule has 0 atom stereocenters.